The van der Waals surface area contributed by atoms with E-state index in [2.05, 4.69) is 15.6 Å². The van der Waals surface area contributed by atoms with Gasteiger partial charge in [0.25, 0.3) is 0 Å². The maximum absolute atomic E-state index is 12.6. The molecule has 0 atom stereocenters. The average Bonchev–Trinajstić information content (AvgIpc) is 3.12. The minimum atomic E-state index is -4.33. The first-order valence-corrected chi connectivity index (χ1v) is 8.18. The van der Waals surface area contributed by atoms with Gasteiger partial charge in [0, 0.05) is 26.6 Å². The molecule has 2 aromatic rings. The number of guanidine groups is 1. The quantitative estimate of drug-likeness (QED) is 0.252. The lowest BCUT2D eigenvalue weighted by Gasteiger charge is -2.12. The van der Waals surface area contributed by atoms with Gasteiger partial charge in [-0.2, -0.15) is 13.2 Å². The summed E-state index contributed by atoms with van der Waals surface area (Å²) >= 11 is 0. The summed E-state index contributed by atoms with van der Waals surface area (Å²) in [7, 11) is 1.60. The minimum Gasteiger partial charge on any atom is -0.469 e. The Labute approximate surface area is 173 Å². The molecule has 0 fully saturated rings. The van der Waals surface area contributed by atoms with E-state index in [1.807, 2.05) is 12.1 Å². The van der Waals surface area contributed by atoms with Crippen LogP contribution in [0.4, 0.5) is 13.2 Å². The van der Waals surface area contributed by atoms with Crippen LogP contribution in [0.5, 0.6) is 0 Å². The summed E-state index contributed by atoms with van der Waals surface area (Å²) in [5.74, 6) is 1.42. The van der Waals surface area contributed by atoms with Gasteiger partial charge in [0.2, 0.25) is 0 Å². The molecule has 150 valence electrons. The minimum absolute atomic E-state index is 0. The van der Waals surface area contributed by atoms with Gasteiger partial charge in [-0.3, -0.25) is 0 Å². The van der Waals surface area contributed by atoms with Crippen molar-refractivity contribution >= 4 is 29.9 Å². The summed E-state index contributed by atoms with van der Waals surface area (Å²) in [6, 6.07) is 8.70. The molecular formula is C18H23F3IN3O2. The van der Waals surface area contributed by atoms with Crippen LogP contribution in [0.1, 0.15) is 16.9 Å². The number of aliphatic imine (C=N–C) groups is 1. The van der Waals surface area contributed by atoms with Crippen molar-refractivity contribution in [3.8, 4) is 0 Å². The molecule has 1 heterocycles. The molecule has 2 N–H and O–H groups in total. The van der Waals surface area contributed by atoms with E-state index in [9.17, 15) is 13.2 Å². The van der Waals surface area contributed by atoms with Crippen LogP contribution < -0.4 is 10.6 Å². The number of ether oxygens (including phenoxy) is 1. The van der Waals surface area contributed by atoms with Gasteiger partial charge in [0.05, 0.1) is 25.0 Å². The lowest BCUT2D eigenvalue weighted by molar-refractivity contribution is -0.137. The van der Waals surface area contributed by atoms with Crippen LogP contribution in [-0.2, 0) is 23.9 Å². The molecule has 2 rings (SSSR count). The molecule has 0 saturated heterocycles. The van der Waals surface area contributed by atoms with E-state index in [4.69, 9.17) is 9.15 Å². The number of nitrogens with zero attached hydrogens (tertiary/aromatic N) is 1. The Morgan fingerprint density at radius 3 is 2.41 bits per heavy atom. The highest BCUT2D eigenvalue weighted by Crippen LogP contribution is 2.29. The zero-order valence-corrected chi connectivity index (χ0v) is 17.2. The molecule has 9 heteroatoms. The van der Waals surface area contributed by atoms with Crippen molar-refractivity contribution in [1.29, 1.82) is 0 Å². The van der Waals surface area contributed by atoms with E-state index in [0.29, 0.717) is 37.6 Å². The number of hydrogen-bond acceptors (Lipinski definition) is 3. The van der Waals surface area contributed by atoms with Gasteiger partial charge in [-0.25, -0.2) is 4.99 Å². The van der Waals surface area contributed by atoms with Crippen molar-refractivity contribution in [3.05, 3.63) is 59.5 Å². The van der Waals surface area contributed by atoms with Crippen LogP contribution in [0, 0.1) is 0 Å². The number of rotatable bonds is 8. The Kier molecular flexibility index (Phi) is 10.2. The summed E-state index contributed by atoms with van der Waals surface area (Å²) in [4.78, 5) is 4.40. The van der Waals surface area contributed by atoms with Crippen LogP contribution in [0.3, 0.4) is 0 Å². The van der Waals surface area contributed by atoms with E-state index in [1.54, 1.807) is 13.4 Å². The predicted molar refractivity (Wildman–Crippen MR) is 108 cm³/mol. The van der Waals surface area contributed by atoms with Crippen LogP contribution in [0.2, 0.25) is 0 Å². The smallest absolute Gasteiger partial charge is 0.416 e. The molecule has 1 aromatic heterocycles. The third-order valence-electron chi connectivity index (χ3n) is 3.54. The average molecular weight is 497 g/mol. The summed E-state index contributed by atoms with van der Waals surface area (Å²) in [6.07, 6.45) is -2.02. The molecule has 5 nitrogen and oxygen atoms in total. The predicted octanol–water partition coefficient (Wildman–Crippen LogP) is 3.84. The first-order valence-electron chi connectivity index (χ1n) is 8.18. The number of hydrogen-bond donors (Lipinski definition) is 2. The molecule has 0 spiro atoms. The van der Waals surface area contributed by atoms with E-state index in [0.717, 1.165) is 17.9 Å². The zero-order valence-electron chi connectivity index (χ0n) is 14.9. The SMILES string of the molecule is COCCNC(=NCc1ccc(C(F)(F)F)cc1)NCCc1ccco1.I. The fourth-order valence-electron chi connectivity index (χ4n) is 2.17. The molecule has 0 unspecified atom stereocenters. The zero-order chi connectivity index (χ0) is 18.8. The fourth-order valence-corrected chi connectivity index (χ4v) is 2.17. The van der Waals surface area contributed by atoms with Crippen LogP contribution in [0.25, 0.3) is 0 Å². The molecule has 0 saturated carbocycles. The lowest BCUT2D eigenvalue weighted by atomic mass is 10.1. The molecule has 27 heavy (non-hydrogen) atoms. The van der Waals surface area contributed by atoms with Crippen molar-refractivity contribution in [1.82, 2.24) is 10.6 Å². The fraction of sp³-hybridized carbons (Fsp3) is 0.389. The van der Waals surface area contributed by atoms with Crippen LogP contribution >= 0.6 is 24.0 Å². The van der Waals surface area contributed by atoms with Gasteiger partial charge in [-0.1, -0.05) is 12.1 Å². The Morgan fingerprint density at radius 1 is 1.11 bits per heavy atom. The number of furan rings is 1. The molecule has 1 aromatic carbocycles. The van der Waals surface area contributed by atoms with Crippen molar-refractivity contribution in [2.75, 3.05) is 26.8 Å². The van der Waals surface area contributed by atoms with Gasteiger partial charge in [0.15, 0.2) is 5.96 Å². The number of benzene rings is 1. The van der Waals surface area contributed by atoms with Gasteiger partial charge < -0.3 is 19.8 Å². The topological polar surface area (TPSA) is 58.8 Å². The molecule has 0 amide bonds. The highest BCUT2D eigenvalue weighted by atomic mass is 127. The Hall–Kier alpha value is -1.75. The summed E-state index contributed by atoms with van der Waals surface area (Å²) in [6.45, 7) is 1.95. The molecule has 0 aliphatic heterocycles. The second-order valence-corrected chi connectivity index (χ2v) is 5.54. The Morgan fingerprint density at radius 2 is 1.81 bits per heavy atom. The monoisotopic (exact) mass is 497 g/mol. The first-order chi connectivity index (χ1) is 12.5. The summed E-state index contributed by atoms with van der Waals surface area (Å²) in [5, 5.41) is 6.28. The van der Waals surface area contributed by atoms with Crippen LogP contribution in [0.15, 0.2) is 52.1 Å². The third-order valence-corrected chi connectivity index (χ3v) is 3.54. The van der Waals surface area contributed by atoms with E-state index >= 15 is 0 Å². The number of alkyl halides is 3. The largest absolute Gasteiger partial charge is 0.469 e. The van der Waals surface area contributed by atoms with Crippen LogP contribution in [-0.4, -0.2) is 32.8 Å². The summed E-state index contributed by atoms with van der Waals surface area (Å²) in [5.41, 5.74) is 0.0251. The maximum Gasteiger partial charge on any atom is 0.416 e. The molecule has 0 bridgehead atoms. The molecule has 0 radical (unpaired) electrons. The Balaban J connectivity index is 0.00000364. The maximum atomic E-state index is 12.6. The van der Waals surface area contributed by atoms with Gasteiger partial charge in [0.1, 0.15) is 5.76 Å². The summed E-state index contributed by atoms with van der Waals surface area (Å²) < 4.78 is 48.1. The molecule has 0 aliphatic rings. The lowest BCUT2D eigenvalue weighted by Crippen LogP contribution is -2.40. The third kappa shape index (κ3) is 8.65. The number of halogens is 4. The Bertz CT molecular complexity index is 674. The number of nitrogens with one attached hydrogen (secondary N) is 2. The van der Waals surface area contributed by atoms with Crippen molar-refractivity contribution in [2.24, 2.45) is 4.99 Å². The van der Waals surface area contributed by atoms with E-state index in [-0.39, 0.29) is 30.5 Å². The van der Waals surface area contributed by atoms with Gasteiger partial charge in [-0.15, -0.1) is 24.0 Å². The molecular weight excluding hydrogens is 474 g/mol. The van der Waals surface area contributed by atoms with E-state index in [1.165, 1.54) is 12.1 Å². The van der Waals surface area contributed by atoms with Gasteiger partial charge >= 0.3 is 6.18 Å². The standard InChI is InChI=1S/C18H22F3N3O2.HI/c1-25-12-10-23-17(22-9-8-16-3-2-11-26-16)24-13-14-4-6-15(7-5-14)18(19,20)21;/h2-7,11H,8-10,12-13H2,1H3,(H2,22,23,24);1H. The van der Waals surface area contributed by atoms with Crippen molar-refractivity contribution < 1.29 is 22.3 Å². The first kappa shape index (κ1) is 23.3. The highest BCUT2D eigenvalue weighted by molar-refractivity contribution is 14.0. The second-order valence-electron chi connectivity index (χ2n) is 5.54. The normalized spacial score (nSPS) is 11.8. The van der Waals surface area contributed by atoms with Crippen molar-refractivity contribution in [2.45, 2.75) is 19.1 Å². The van der Waals surface area contributed by atoms with Crippen molar-refractivity contribution in [3.63, 3.8) is 0 Å². The second kappa shape index (κ2) is 11.9. The van der Waals surface area contributed by atoms with E-state index < -0.39 is 11.7 Å². The van der Waals surface area contributed by atoms with Gasteiger partial charge in [-0.05, 0) is 29.8 Å². The molecule has 0 aliphatic carbocycles. The number of methoxy groups -OCH3 is 1. The highest BCUT2D eigenvalue weighted by Gasteiger charge is 2.29.